The number of rotatable bonds is 10. The van der Waals surface area contributed by atoms with E-state index in [1.165, 1.54) is 21.6 Å². The molecule has 0 fully saturated rings. The van der Waals surface area contributed by atoms with Gasteiger partial charge < -0.3 is 19.3 Å². The van der Waals surface area contributed by atoms with Crippen molar-refractivity contribution >= 4 is 44.8 Å². The fraction of sp³-hybridized carbons (Fsp3) is 0.462. The van der Waals surface area contributed by atoms with E-state index >= 15 is 0 Å². The number of carbonyl (C=O) groups excluding carboxylic acids is 2. The van der Waals surface area contributed by atoms with Gasteiger partial charge in [-0.1, -0.05) is 64.1 Å². The second-order valence-corrected chi connectivity index (χ2v) is 13.8. The van der Waals surface area contributed by atoms with Crippen LogP contribution in [0.3, 0.4) is 0 Å². The molecule has 0 aliphatic carbocycles. The number of hydrogen-bond acceptors (Lipinski definition) is 7. The lowest BCUT2D eigenvalue weighted by atomic mass is 10.2. The van der Waals surface area contributed by atoms with Gasteiger partial charge in [-0.2, -0.15) is 0 Å². The van der Waals surface area contributed by atoms with Gasteiger partial charge in [0.15, 0.2) is 0 Å². The van der Waals surface area contributed by atoms with E-state index in [1.54, 1.807) is 41.5 Å². The predicted octanol–water partition coefficient (Wildman–Crippen LogP) is 6.11. The lowest BCUT2D eigenvalue weighted by molar-refractivity contribution is -0.156. The molecule has 0 aliphatic heterocycles. The van der Waals surface area contributed by atoms with Crippen LogP contribution in [-0.4, -0.2) is 39.6 Å². The Hall–Kier alpha value is -1.81. The van der Waals surface area contributed by atoms with E-state index in [0.29, 0.717) is 17.3 Å². The van der Waals surface area contributed by atoms with Gasteiger partial charge in [-0.15, -0.1) is 0 Å². The van der Waals surface area contributed by atoms with Crippen molar-refractivity contribution in [3.05, 3.63) is 65.7 Å². The first-order valence-corrected chi connectivity index (χ1v) is 15.1. The summed E-state index contributed by atoms with van der Waals surface area (Å²) in [4.78, 5) is 25.9. The Morgan fingerprint density at radius 1 is 0.914 bits per heavy atom. The van der Waals surface area contributed by atoms with E-state index < -0.39 is 40.5 Å². The van der Waals surface area contributed by atoms with Crippen LogP contribution in [0, 0.1) is 0 Å². The smallest absolute Gasteiger partial charge is 0.408 e. The van der Waals surface area contributed by atoms with Gasteiger partial charge in [-0.05, 0) is 64.9 Å². The van der Waals surface area contributed by atoms with E-state index in [9.17, 15) is 14.1 Å². The first-order valence-electron chi connectivity index (χ1n) is 11.3. The number of nitrogens with one attached hydrogen (secondary N) is 1. The second kappa shape index (κ2) is 13.5. The van der Waals surface area contributed by atoms with Gasteiger partial charge in [0, 0.05) is 21.8 Å². The highest BCUT2D eigenvalue weighted by Gasteiger charge is 2.29. The molecule has 0 aromatic heterocycles. The highest BCUT2D eigenvalue weighted by Crippen LogP contribution is 2.32. The summed E-state index contributed by atoms with van der Waals surface area (Å²) in [6.45, 7) is 10.6. The summed E-state index contributed by atoms with van der Waals surface area (Å²) in [7, 11) is 2.92. The fourth-order valence-electron chi connectivity index (χ4n) is 2.85. The van der Waals surface area contributed by atoms with E-state index in [2.05, 4.69) is 5.32 Å². The topological polar surface area (TPSA) is 87.7 Å². The average molecular weight is 538 g/mol. The number of alkyl carbamates (subject to hydrolysis) is 1. The van der Waals surface area contributed by atoms with Crippen LogP contribution in [0.25, 0.3) is 0 Å². The van der Waals surface area contributed by atoms with Crippen LogP contribution in [0.2, 0.25) is 0 Å². The molecule has 2 rings (SSSR count). The number of hydrogen-bond donors (Lipinski definition) is 1. The molecule has 192 valence electrons. The van der Waals surface area contributed by atoms with Crippen molar-refractivity contribution in [2.45, 2.75) is 75.2 Å². The van der Waals surface area contributed by atoms with Crippen LogP contribution >= 0.6 is 21.6 Å². The lowest BCUT2D eigenvalue weighted by Gasteiger charge is -2.26. The maximum atomic E-state index is 12.7. The minimum Gasteiger partial charge on any atom is -0.616 e. The zero-order valence-corrected chi connectivity index (χ0v) is 23.6. The molecule has 0 radical (unpaired) electrons. The van der Waals surface area contributed by atoms with Crippen LogP contribution in [0.15, 0.2) is 59.5 Å². The third kappa shape index (κ3) is 12.6. The molecule has 0 saturated carbocycles. The monoisotopic (exact) mass is 537 g/mol. The molecule has 9 heteroatoms. The van der Waals surface area contributed by atoms with Crippen molar-refractivity contribution in [3.8, 4) is 0 Å². The first kappa shape index (κ1) is 29.4. The van der Waals surface area contributed by atoms with E-state index in [-0.39, 0.29) is 0 Å². The third-order valence-corrected chi connectivity index (χ3v) is 7.85. The SMILES string of the molecule is CC(C)(C)OC(=O)NC(CSSc1cccc(C[S+]([O-])Cc2ccccc2)c1)C(=O)OC(C)(C)C. The maximum absolute atomic E-state index is 12.7. The Bertz CT molecular complexity index is 957. The molecule has 35 heavy (non-hydrogen) atoms. The van der Waals surface area contributed by atoms with Gasteiger partial charge in [0.2, 0.25) is 0 Å². The standard InChI is InChI=1S/C26H35NO5S3/c1-25(2,3)31-23(28)22(27-24(29)32-26(4,5)6)16-33-34-21-14-10-13-20(15-21)18-35(30)17-19-11-8-7-9-12-19/h7-15,22H,16-18H2,1-6H3,(H,27,29). The Kier molecular flexibility index (Phi) is 11.3. The Balaban J connectivity index is 1.95. The van der Waals surface area contributed by atoms with Gasteiger partial charge in [0.25, 0.3) is 0 Å². The van der Waals surface area contributed by atoms with Gasteiger partial charge in [-0.25, -0.2) is 9.59 Å². The molecule has 2 aromatic rings. The largest absolute Gasteiger partial charge is 0.616 e. The van der Waals surface area contributed by atoms with Gasteiger partial charge in [0.1, 0.15) is 28.7 Å². The fourth-order valence-corrected chi connectivity index (χ4v) is 6.29. The molecular weight excluding hydrogens is 502 g/mol. The Morgan fingerprint density at radius 3 is 2.14 bits per heavy atom. The zero-order chi connectivity index (χ0) is 26.1. The lowest BCUT2D eigenvalue weighted by Crippen LogP contribution is -2.47. The quantitative estimate of drug-likeness (QED) is 0.222. The van der Waals surface area contributed by atoms with Gasteiger partial charge >= 0.3 is 12.1 Å². The van der Waals surface area contributed by atoms with E-state index in [1.807, 2.05) is 54.6 Å². The minimum atomic E-state index is -1.01. The molecule has 2 unspecified atom stereocenters. The molecule has 0 aliphatic rings. The number of ether oxygens (including phenoxy) is 2. The Labute approximate surface area is 219 Å². The maximum Gasteiger partial charge on any atom is 0.408 e. The predicted molar refractivity (Wildman–Crippen MR) is 146 cm³/mol. The Morgan fingerprint density at radius 2 is 1.51 bits per heavy atom. The molecule has 1 N–H and O–H groups in total. The van der Waals surface area contributed by atoms with Crippen LogP contribution in [-0.2, 0) is 36.9 Å². The summed E-state index contributed by atoms with van der Waals surface area (Å²) in [5, 5.41) is 2.63. The highest BCUT2D eigenvalue weighted by molar-refractivity contribution is 8.76. The molecule has 0 bridgehead atoms. The van der Waals surface area contributed by atoms with Gasteiger partial charge in [-0.3, -0.25) is 0 Å². The summed E-state index contributed by atoms with van der Waals surface area (Å²) in [6.07, 6.45) is -0.665. The summed E-state index contributed by atoms with van der Waals surface area (Å²) in [5.41, 5.74) is 0.691. The molecule has 1 amide bonds. The molecular formula is C26H35NO5S3. The summed E-state index contributed by atoms with van der Waals surface area (Å²) < 4.78 is 23.4. The van der Waals surface area contributed by atoms with E-state index in [4.69, 9.17) is 9.47 Å². The molecule has 0 saturated heterocycles. The normalized spacial score (nSPS) is 13.6. The van der Waals surface area contributed by atoms with Gasteiger partial charge in [0.05, 0.1) is 0 Å². The number of esters is 1. The van der Waals surface area contributed by atoms with Crippen molar-refractivity contribution in [3.63, 3.8) is 0 Å². The first-order chi connectivity index (χ1) is 16.3. The molecule has 2 aromatic carbocycles. The molecule has 0 heterocycles. The van der Waals surface area contributed by atoms with E-state index in [0.717, 1.165) is 16.0 Å². The second-order valence-electron chi connectivity index (χ2n) is 9.96. The van der Waals surface area contributed by atoms with Crippen LogP contribution in [0.4, 0.5) is 4.79 Å². The third-order valence-electron chi connectivity index (χ3n) is 4.17. The number of benzene rings is 2. The van der Waals surface area contributed by atoms with Crippen molar-refractivity contribution in [2.24, 2.45) is 0 Å². The van der Waals surface area contributed by atoms with Crippen molar-refractivity contribution in [1.29, 1.82) is 0 Å². The van der Waals surface area contributed by atoms with Crippen LogP contribution in [0.1, 0.15) is 52.7 Å². The van der Waals surface area contributed by atoms with Crippen LogP contribution in [0.5, 0.6) is 0 Å². The number of amides is 1. The molecule has 2 atom stereocenters. The average Bonchev–Trinajstić information content (AvgIpc) is 2.71. The molecule has 0 spiro atoms. The van der Waals surface area contributed by atoms with Crippen molar-refractivity contribution in [2.75, 3.05) is 5.75 Å². The van der Waals surface area contributed by atoms with Crippen molar-refractivity contribution < 1.29 is 23.6 Å². The summed E-state index contributed by atoms with van der Waals surface area (Å²) >= 11 is -1.01. The number of carbonyl (C=O) groups is 2. The van der Waals surface area contributed by atoms with Crippen LogP contribution < -0.4 is 5.32 Å². The van der Waals surface area contributed by atoms with Crippen molar-refractivity contribution in [1.82, 2.24) is 5.32 Å². The summed E-state index contributed by atoms with van der Waals surface area (Å²) in [5.74, 6) is 0.764. The zero-order valence-electron chi connectivity index (χ0n) is 21.2. The minimum absolute atomic E-state index is 0.295. The summed E-state index contributed by atoms with van der Waals surface area (Å²) in [6, 6.07) is 16.8. The highest BCUT2D eigenvalue weighted by atomic mass is 33.1. The molecule has 6 nitrogen and oxygen atoms in total.